The van der Waals surface area contributed by atoms with Gasteiger partial charge in [-0.2, -0.15) is 5.10 Å². The highest BCUT2D eigenvalue weighted by Crippen LogP contribution is 2.29. The van der Waals surface area contributed by atoms with Crippen molar-refractivity contribution in [2.75, 3.05) is 13.1 Å². The maximum absolute atomic E-state index is 12.5. The normalized spacial score (nSPS) is 20.9. The van der Waals surface area contributed by atoms with Crippen molar-refractivity contribution in [3.05, 3.63) is 47.5 Å². The molecule has 1 fully saturated rings. The van der Waals surface area contributed by atoms with Gasteiger partial charge in [0.25, 0.3) is 0 Å². The first-order chi connectivity index (χ1) is 13.2. The number of carbonyl (C=O) groups is 1. The maximum Gasteiger partial charge on any atom is 0.315 e. The lowest BCUT2D eigenvalue weighted by atomic mass is 9.93. The van der Waals surface area contributed by atoms with Crippen LogP contribution in [0.25, 0.3) is 0 Å². The number of nitrogens with one attached hydrogen (secondary N) is 2. The number of carbonyl (C=O) groups excluding carboxylic acids is 1. The van der Waals surface area contributed by atoms with Gasteiger partial charge in [-0.1, -0.05) is 0 Å². The van der Waals surface area contributed by atoms with Crippen molar-refractivity contribution in [2.24, 2.45) is 7.05 Å². The lowest BCUT2D eigenvalue weighted by Crippen LogP contribution is -2.48. The Bertz CT molecular complexity index is 766. The Morgan fingerprint density at radius 2 is 1.96 bits per heavy atom. The number of piperidine rings is 1. The van der Waals surface area contributed by atoms with Crippen LogP contribution in [-0.2, 0) is 20.0 Å². The number of nitrogens with zero attached hydrogens (tertiary/aromatic N) is 4. The smallest absolute Gasteiger partial charge is 0.315 e. The zero-order valence-electron chi connectivity index (χ0n) is 15.9. The zero-order chi connectivity index (χ0) is 18.6. The minimum atomic E-state index is -0.0516. The van der Waals surface area contributed by atoms with E-state index >= 15 is 0 Å². The first-order valence-corrected chi connectivity index (χ1v) is 9.88. The van der Waals surface area contributed by atoms with Gasteiger partial charge in [0.2, 0.25) is 0 Å². The van der Waals surface area contributed by atoms with E-state index in [1.165, 1.54) is 16.8 Å². The van der Waals surface area contributed by atoms with E-state index in [0.717, 1.165) is 51.7 Å². The van der Waals surface area contributed by atoms with Crippen molar-refractivity contribution in [1.82, 2.24) is 30.3 Å². The van der Waals surface area contributed by atoms with Crippen LogP contribution >= 0.6 is 0 Å². The first-order valence-electron chi connectivity index (χ1n) is 9.88. The molecule has 3 heterocycles. The molecule has 0 saturated carbocycles. The minimum Gasteiger partial charge on any atom is -0.335 e. The summed E-state index contributed by atoms with van der Waals surface area (Å²) in [5.41, 5.74) is 3.71. The van der Waals surface area contributed by atoms with Crippen molar-refractivity contribution in [2.45, 2.75) is 50.7 Å². The molecule has 2 aromatic rings. The highest BCUT2D eigenvalue weighted by Gasteiger charge is 2.26. The second-order valence-electron chi connectivity index (χ2n) is 7.64. The van der Waals surface area contributed by atoms with Gasteiger partial charge in [-0.25, -0.2) is 4.79 Å². The number of aryl methyl sites for hydroxylation is 1. The number of rotatable bonds is 4. The SMILES string of the molecule is Cn1ncc2c1CCC[C@@H]2NC(=O)NC1CCN(Cc2ccncc2)CC1. The summed E-state index contributed by atoms with van der Waals surface area (Å²) in [5.74, 6) is 0. The average molecular weight is 368 g/mol. The standard InChI is InChI=1S/C20H28N6O/c1-25-19-4-2-3-18(17(19)13-22-25)24-20(27)23-16-7-11-26(12-8-16)14-15-5-9-21-10-6-15/h5-6,9-10,13,16,18H,2-4,7-8,11-12,14H2,1H3,(H2,23,24,27)/t18-/m0/s1. The molecular formula is C20H28N6O. The van der Waals surface area contributed by atoms with Gasteiger partial charge in [0.15, 0.2) is 0 Å². The largest absolute Gasteiger partial charge is 0.335 e. The third-order valence-corrected chi connectivity index (χ3v) is 5.76. The topological polar surface area (TPSA) is 75.1 Å². The molecule has 1 atom stereocenters. The number of fused-ring (bicyclic) bond motifs is 1. The lowest BCUT2D eigenvalue weighted by molar-refractivity contribution is 0.185. The molecule has 2 aliphatic rings. The summed E-state index contributed by atoms with van der Waals surface area (Å²) in [7, 11) is 1.97. The predicted octanol–water partition coefficient (Wildman–Crippen LogP) is 2.16. The van der Waals surface area contributed by atoms with Crippen LogP contribution in [0.3, 0.4) is 0 Å². The van der Waals surface area contributed by atoms with Crippen LogP contribution in [0.2, 0.25) is 0 Å². The molecule has 7 heteroatoms. The molecule has 0 radical (unpaired) electrons. The summed E-state index contributed by atoms with van der Waals surface area (Å²) in [5, 5.41) is 10.7. The summed E-state index contributed by atoms with van der Waals surface area (Å²) in [6, 6.07) is 4.40. The molecule has 0 bridgehead atoms. The Hall–Kier alpha value is -2.41. The van der Waals surface area contributed by atoms with Gasteiger partial charge in [0, 0.05) is 56.4 Å². The van der Waals surface area contributed by atoms with Gasteiger partial charge in [0.05, 0.1) is 12.2 Å². The van der Waals surface area contributed by atoms with Crippen molar-refractivity contribution in [3.63, 3.8) is 0 Å². The van der Waals surface area contributed by atoms with Crippen LogP contribution in [-0.4, -0.2) is 44.8 Å². The van der Waals surface area contributed by atoms with Crippen LogP contribution < -0.4 is 10.6 Å². The summed E-state index contributed by atoms with van der Waals surface area (Å²) in [4.78, 5) is 19.0. The second-order valence-corrected chi connectivity index (χ2v) is 7.64. The zero-order valence-corrected chi connectivity index (χ0v) is 15.9. The Morgan fingerprint density at radius 3 is 2.74 bits per heavy atom. The number of hydrogen-bond donors (Lipinski definition) is 2. The number of amides is 2. The first kappa shape index (κ1) is 18.0. The maximum atomic E-state index is 12.5. The molecule has 0 unspecified atom stereocenters. The molecule has 2 aromatic heterocycles. The fourth-order valence-corrected chi connectivity index (χ4v) is 4.22. The monoisotopic (exact) mass is 368 g/mol. The molecule has 2 N–H and O–H groups in total. The minimum absolute atomic E-state index is 0.0516. The van der Waals surface area contributed by atoms with Crippen LogP contribution in [0.4, 0.5) is 4.79 Å². The highest BCUT2D eigenvalue weighted by molar-refractivity contribution is 5.74. The van der Waals surface area contributed by atoms with Crippen LogP contribution in [0.15, 0.2) is 30.7 Å². The van der Waals surface area contributed by atoms with E-state index in [9.17, 15) is 4.79 Å². The fraction of sp³-hybridized carbons (Fsp3) is 0.550. The molecule has 0 spiro atoms. The number of likely N-dealkylation sites (tertiary alicyclic amines) is 1. The van der Waals surface area contributed by atoms with Crippen molar-refractivity contribution >= 4 is 6.03 Å². The molecule has 2 amide bonds. The average Bonchev–Trinajstić information content (AvgIpc) is 3.06. The van der Waals surface area contributed by atoms with Gasteiger partial charge in [-0.15, -0.1) is 0 Å². The molecular weight excluding hydrogens is 340 g/mol. The quantitative estimate of drug-likeness (QED) is 0.867. The van der Waals surface area contributed by atoms with Gasteiger partial charge < -0.3 is 10.6 Å². The molecule has 0 aromatic carbocycles. The Kier molecular flexibility index (Phi) is 5.38. The lowest BCUT2D eigenvalue weighted by Gasteiger charge is -2.33. The van der Waals surface area contributed by atoms with Gasteiger partial charge >= 0.3 is 6.03 Å². The summed E-state index contributed by atoms with van der Waals surface area (Å²) in [6.07, 6.45) is 10.7. The van der Waals surface area contributed by atoms with Gasteiger partial charge in [0.1, 0.15) is 0 Å². The summed E-state index contributed by atoms with van der Waals surface area (Å²) < 4.78 is 1.93. The third kappa shape index (κ3) is 4.30. The molecule has 27 heavy (non-hydrogen) atoms. The summed E-state index contributed by atoms with van der Waals surface area (Å²) >= 11 is 0. The number of aromatic nitrogens is 3. The summed E-state index contributed by atoms with van der Waals surface area (Å²) in [6.45, 7) is 2.96. The van der Waals surface area contributed by atoms with Crippen LogP contribution in [0.1, 0.15) is 48.5 Å². The highest BCUT2D eigenvalue weighted by atomic mass is 16.2. The van der Waals surface area contributed by atoms with Crippen LogP contribution in [0, 0.1) is 0 Å². The molecule has 1 saturated heterocycles. The molecule has 144 valence electrons. The van der Waals surface area contributed by atoms with E-state index in [4.69, 9.17) is 0 Å². The third-order valence-electron chi connectivity index (χ3n) is 5.76. The molecule has 4 rings (SSSR count). The van der Waals surface area contributed by atoms with Gasteiger partial charge in [-0.05, 0) is 49.8 Å². The number of urea groups is 1. The fourth-order valence-electron chi connectivity index (χ4n) is 4.22. The predicted molar refractivity (Wildman–Crippen MR) is 103 cm³/mol. The van der Waals surface area contributed by atoms with E-state index in [-0.39, 0.29) is 18.1 Å². The molecule has 7 nitrogen and oxygen atoms in total. The Labute approximate surface area is 160 Å². The van der Waals surface area contributed by atoms with E-state index in [2.05, 4.69) is 37.7 Å². The Morgan fingerprint density at radius 1 is 1.19 bits per heavy atom. The Balaban J connectivity index is 1.24. The van der Waals surface area contributed by atoms with Crippen LogP contribution in [0.5, 0.6) is 0 Å². The second kappa shape index (κ2) is 8.08. The van der Waals surface area contributed by atoms with E-state index in [1.807, 2.05) is 30.3 Å². The number of hydrogen-bond acceptors (Lipinski definition) is 4. The molecule has 1 aliphatic carbocycles. The van der Waals surface area contributed by atoms with E-state index in [0.29, 0.717) is 0 Å². The van der Waals surface area contributed by atoms with Crippen molar-refractivity contribution < 1.29 is 4.79 Å². The van der Waals surface area contributed by atoms with Gasteiger partial charge in [-0.3, -0.25) is 14.6 Å². The number of pyridine rings is 1. The van der Waals surface area contributed by atoms with Crippen molar-refractivity contribution in [1.29, 1.82) is 0 Å². The van der Waals surface area contributed by atoms with E-state index in [1.54, 1.807) is 0 Å². The van der Waals surface area contributed by atoms with E-state index < -0.39 is 0 Å². The van der Waals surface area contributed by atoms with Crippen molar-refractivity contribution in [3.8, 4) is 0 Å². The molecule has 1 aliphatic heterocycles.